The SMILES string of the molecule is CCCCN(C1CC1)C1CCC(NC2CC2)(C(N)=O)C1. The van der Waals surface area contributed by atoms with Crippen LogP contribution in [0.25, 0.3) is 0 Å². The molecule has 3 aliphatic rings. The van der Waals surface area contributed by atoms with E-state index in [0.29, 0.717) is 12.1 Å². The maximum atomic E-state index is 12.0. The zero-order chi connectivity index (χ0) is 14.2. The van der Waals surface area contributed by atoms with Crippen molar-refractivity contribution in [3.05, 3.63) is 0 Å². The molecule has 2 unspecified atom stereocenters. The summed E-state index contributed by atoms with van der Waals surface area (Å²) in [5.41, 5.74) is 5.33. The summed E-state index contributed by atoms with van der Waals surface area (Å²) in [6.07, 6.45) is 10.6. The van der Waals surface area contributed by atoms with Crippen molar-refractivity contribution in [1.82, 2.24) is 10.2 Å². The van der Waals surface area contributed by atoms with Crippen LogP contribution >= 0.6 is 0 Å². The number of nitrogens with two attached hydrogens (primary N) is 1. The monoisotopic (exact) mass is 279 g/mol. The second-order valence-electron chi connectivity index (χ2n) is 7.08. The van der Waals surface area contributed by atoms with Crippen molar-refractivity contribution in [3.63, 3.8) is 0 Å². The first-order chi connectivity index (χ1) is 9.64. The number of unbranched alkanes of at least 4 members (excludes halogenated alkanes) is 1. The van der Waals surface area contributed by atoms with Crippen molar-refractivity contribution in [2.45, 2.75) is 88.4 Å². The molecule has 3 saturated carbocycles. The van der Waals surface area contributed by atoms with E-state index in [2.05, 4.69) is 17.1 Å². The number of nitrogens with one attached hydrogen (secondary N) is 1. The molecule has 0 spiro atoms. The van der Waals surface area contributed by atoms with Gasteiger partial charge in [0.05, 0.1) is 5.54 Å². The van der Waals surface area contributed by atoms with Gasteiger partial charge in [-0.05, 0) is 57.9 Å². The summed E-state index contributed by atoms with van der Waals surface area (Å²) in [6.45, 7) is 3.45. The molecule has 0 aromatic heterocycles. The van der Waals surface area contributed by atoms with E-state index in [-0.39, 0.29) is 5.91 Å². The zero-order valence-electron chi connectivity index (χ0n) is 12.7. The van der Waals surface area contributed by atoms with Gasteiger partial charge in [0, 0.05) is 18.1 Å². The predicted molar refractivity (Wildman–Crippen MR) is 80.4 cm³/mol. The number of hydrogen-bond donors (Lipinski definition) is 2. The van der Waals surface area contributed by atoms with Gasteiger partial charge in [0.1, 0.15) is 0 Å². The molecular formula is C16H29N3O. The smallest absolute Gasteiger partial charge is 0.237 e. The number of nitrogens with zero attached hydrogens (tertiary/aromatic N) is 1. The minimum absolute atomic E-state index is 0.127. The molecule has 3 N–H and O–H groups in total. The van der Waals surface area contributed by atoms with Crippen LogP contribution in [0, 0.1) is 0 Å². The molecule has 114 valence electrons. The van der Waals surface area contributed by atoms with E-state index < -0.39 is 5.54 Å². The molecule has 3 fully saturated rings. The molecule has 0 aromatic rings. The van der Waals surface area contributed by atoms with E-state index >= 15 is 0 Å². The highest BCUT2D eigenvalue weighted by molar-refractivity contribution is 5.85. The Labute approximate surface area is 122 Å². The van der Waals surface area contributed by atoms with Crippen LogP contribution in [0.15, 0.2) is 0 Å². The van der Waals surface area contributed by atoms with Crippen LogP contribution in [-0.2, 0) is 4.79 Å². The molecule has 3 aliphatic carbocycles. The molecule has 0 bridgehead atoms. The fourth-order valence-electron chi connectivity index (χ4n) is 3.76. The summed E-state index contributed by atoms with van der Waals surface area (Å²) in [6, 6.07) is 1.90. The average molecular weight is 279 g/mol. The molecule has 0 radical (unpaired) electrons. The lowest BCUT2D eigenvalue weighted by atomic mass is 9.95. The fourth-order valence-corrected chi connectivity index (χ4v) is 3.76. The molecule has 0 heterocycles. The summed E-state index contributed by atoms with van der Waals surface area (Å²) in [5.74, 6) is -0.127. The standard InChI is InChI=1S/C16H29N3O/c1-2-3-10-19(13-6-7-13)14-8-9-16(11-14,15(17)20)18-12-4-5-12/h12-14,18H,2-11H2,1H3,(H2,17,20). The van der Waals surface area contributed by atoms with Gasteiger partial charge in [-0.2, -0.15) is 0 Å². The van der Waals surface area contributed by atoms with E-state index in [4.69, 9.17) is 5.73 Å². The van der Waals surface area contributed by atoms with Crippen LogP contribution in [-0.4, -0.2) is 41.0 Å². The number of carbonyl (C=O) groups excluding carboxylic acids is 1. The van der Waals surface area contributed by atoms with Gasteiger partial charge in [-0.15, -0.1) is 0 Å². The Kier molecular flexibility index (Phi) is 4.04. The van der Waals surface area contributed by atoms with Crippen LogP contribution in [0.2, 0.25) is 0 Å². The first-order valence-corrected chi connectivity index (χ1v) is 8.48. The molecular weight excluding hydrogens is 250 g/mol. The summed E-state index contributed by atoms with van der Waals surface area (Å²) in [5, 5.41) is 3.56. The highest BCUT2D eigenvalue weighted by Gasteiger charge is 2.49. The quantitative estimate of drug-likeness (QED) is 0.712. The van der Waals surface area contributed by atoms with E-state index in [1.165, 1.54) is 45.1 Å². The Morgan fingerprint density at radius 2 is 2.00 bits per heavy atom. The lowest BCUT2D eigenvalue weighted by molar-refractivity contribution is -0.124. The first-order valence-electron chi connectivity index (χ1n) is 8.48. The predicted octanol–water partition coefficient (Wildman–Crippen LogP) is 1.78. The van der Waals surface area contributed by atoms with Crippen molar-refractivity contribution in [1.29, 1.82) is 0 Å². The third kappa shape index (κ3) is 3.01. The Bertz CT molecular complexity index is 365. The van der Waals surface area contributed by atoms with E-state index in [1.54, 1.807) is 0 Å². The first kappa shape index (κ1) is 14.3. The minimum atomic E-state index is -0.412. The van der Waals surface area contributed by atoms with Crippen molar-refractivity contribution in [2.24, 2.45) is 5.73 Å². The third-order valence-corrected chi connectivity index (χ3v) is 5.27. The van der Waals surface area contributed by atoms with Crippen LogP contribution in [0.5, 0.6) is 0 Å². The second kappa shape index (κ2) is 5.64. The number of rotatable bonds is 8. The maximum absolute atomic E-state index is 12.0. The Hall–Kier alpha value is -0.610. The van der Waals surface area contributed by atoms with Gasteiger partial charge >= 0.3 is 0 Å². The minimum Gasteiger partial charge on any atom is -0.368 e. The Morgan fingerprint density at radius 3 is 2.55 bits per heavy atom. The lowest BCUT2D eigenvalue weighted by Gasteiger charge is -2.32. The van der Waals surface area contributed by atoms with Gasteiger partial charge in [-0.3, -0.25) is 9.69 Å². The molecule has 4 heteroatoms. The van der Waals surface area contributed by atoms with Gasteiger partial charge in [0.15, 0.2) is 0 Å². The van der Waals surface area contributed by atoms with E-state index in [9.17, 15) is 4.79 Å². The maximum Gasteiger partial charge on any atom is 0.237 e. The third-order valence-electron chi connectivity index (χ3n) is 5.27. The highest BCUT2D eigenvalue weighted by Crippen LogP contribution is 2.40. The van der Waals surface area contributed by atoms with Crippen molar-refractivity contribution in [2.75, 3.05) is 6.54 Å². The van der Waals surface area contributed by atoms with Crippen LogP contribution in [0.4, 0.5) is 0 Å². The van der Waals surface area contributed by atoms with Gasteiger partial charge in [0.25, 0.3) is 0 Å². The highest BCUT2D eigenvalue weighted by atomic mass is 16.1. The second-order valence-corrected chi connectivity index (χ2v) is 7.08. The molecule has 1 amide bonds. The molecule has 0 aromatic carbocycles. The fraction of sp³-hybridized carbons (Fsp3) is 0.938. The van der Waals surface area contributed by atoms with Crippen LogP contribution in [0.1, 0.15) is 64.7 Å². The van der Waals surface area contributed by atoms with Crippen LogP contribution in [0.3, 0.4) is 0 Å². The normalized spacial score (nSPS) is 33.8. The number of hydrogen-bond acceptors (Lipinski definition) is 3. The molecule has 3 rings (SSSR count). The summed E-state index contributed by atoms with van der Waals surface area (Å²) < 4.78 is 0. The van der Waals surface area contributed by atoms with Crippen LogP contribution < -0.4 is 11.1 Å². The summed E-state index contributed by atoms with van der Waals surface area (Å²) >= 11 is 0. The molecule has 0 aliphatic heterocycles. The van der Waals surface area contributed by atoms with Gasteiger partial charge in [-0.1, -0.05) is 13.3 Å². The summed E-state index contributed by atoms with van der Waals surface area (Å²) in [4.78, 5) is 14.7. The molecule has 4 nitrogen and oxygen atoms in total. The number of primary amides is 1. The van der Waals surface area contributed by atoms with Crippen molar-refractivity contribution < 1.29 is 4.79 Å². The Balaban J connectivity index is 1.64. The topological polar surface area (TPSA) is 58.4 Å². The zero-order valence-corrected chi connectivity index (χ0v) is 12.7. The van der Waals surface area contributed by atoms with Gasteiger partial charge < -0.3 is 11.1 Å². The van der Waals surface area contributed by atoms with E-state index in [1.807, 2.05) is 0 Å². The molecule has 0 saturated heterocycles. The van der Waals surface area contributed by atoms with Crippen molar-refractivity contribution >= 4 is 5.91 Å². The summed E-state index contributed by atoms with van der Waals surface area (Å²) in [7, 11) is 0. The number of amides is 1. The van der Waals surface area contributed by atoms with Gasteiger partial charge in [0.2, 0.25) is 5.91 Å². The average Bonchev–Trinajstić information content (AvgIpc) is 3.31. The molecule has 2 atom stereocenters. The number of carbonyl (C=O) groups is 1. The molecule has 20 heavy (non-hydrogen) atoms. The Morgan fingerprint density at radius 1 is 1.25 bits per heavy atom. The lowest BCUT2D eigenvalue weighted by Crippen LogP contribution is -2.55. The van der Waals surface area contributed by atoms with Gasteiger partial charge in [-0.25, -0.2) is 0 Å². The van der Waals surface area contributed by atoms with Crippen molar-refractivity contribution in [3.8, 4) is 0 Å². The largest absolute Gasteiger partial charge is 0.368 e. The van der Waals surface area contributed by atoms with E-state index in [0.717, 1.165) is 25.3 Å².